The zero-order valence-electron chi connectivity index (χ0n) is 8.03. The minimum absolute atomic E-state index is 0.420. The number of oxazole rings is 1. The van der Waals surface area contributed by atoms with Crippen LogP contribution in [0.5, 0.6) is 0 Å². The molecule has 0 saturated heterocycles. The molecule has 0 unspecified atom stereocenters. The van der Waals surface area contributed by atoms with Crippen molar-refractivity contribution < 1.29 is 4.42 Å². The van der Waals surface area contributed by atoms with Crippen LogP contribution in [-0.2, 0) is 0 Å². The molecule has 68 valence electrons. The highest BCUT2D eigenvalue weighted by Gasteiger charge is 2.11. The van der Waals surface area contributed by atoms with Gasteiger partial charge in [-0.1, -0.05) is 13.8 Å². The first-order chi connectivity index (χ1) is 6.20. The second-order valence-electron chi connectivity index (χ2n) is 3.48. The predicted octanol–water partition coefficient (Wildman–Crippen LogP) is 2.65. The van der Waals surface area contributed by atoms with E-state index in [0.717, 1.165) is 22.4 Å². The first-order valence-corrected chi connectivity index (χ1v) is 4.39. The van der Waals surface area contributed by atoms with Crippen LogP contribution >= 0.6 is 0 Å². The van der Waals surface area contributed by atoms with E-state index in [2.05, 4.69) is 23.8 Å². The molecule has 2 heterocycles. The van der Waals surface area contributed by atoms with Gasteiger partial charge in [0.1, 0.15) is 5.52 Å². The third-order valence-electron chi connectivity index (χ3n) is 2.19. The van der Waals surface area contributed by atoms with Gasteiger partial charge in [0.15, 0.2) is 12.0 Å². The second kappa shape index (κ2) is 2.83. The monoisotopic (exact) mass is 176 g/mol. The lowest BCUT2D eigenvalue weighted by Gasteiger charge is -2.04. The Bertz CT molecular complexity index is 431. The molecular weight excluding hydrogens is 164 g/mol. The standard InChI is InChI=1S/C10H12N2O/c1-6(2)8-4-11-7(3)9-10(8)13-5-12-9/h4-6H,1-3H3. The Morgan fingerprint density at radius 3 is 2.77 bits per heavy atom. The van der Waals surface area contributed by atoms with E-state index in [9.17, 15) is 0 Å². The fourth-order valence-corrected chi connectivity index (χ4v) is 1.41. The van der Waals surface area contributed by atoms with Crippen LogP contribution in [0.4, 0.5) is 0 Å². The van der Waals surface area contributed by atoms with Crippen LogP contribution in [0.3, 0.4) is 0 Å². The molecule has 3 heteroatoms. The molecule has 2 rings (SSSR count). The first kappa shape index (κ1) is 8.23. The molecule has 0 N–H and O–H groups in total. The quantitative estimate of drug-likeness (QED) is 0.670. The minimum Gasteiger partial charge on any atom is -0.443 e. The van der Waals surface area contributed by atoms with Gasteiger partial charge in [0.05, 0.1) is 5.69 Å². The smallest absolute Gasteiger partial charge is 0.182 e. The van der Waals surface area contributed by atoms with Crippen molar-refractivity contribution in [2.75, 3.05) is 0 Å². The van der Waals surface area contributed by atoms with Crippen molar-refractivity contribution in [1.82, 2.24) is 9.97 Å². The summed E-state index contributed by atoms with van der Waals surface area (Å²) in [5, 5.41) is 0. The van der Waals surface area contributed by atoms with Gasteiger partial charge in [0.2, 0.25) is 0 Å². The van der Waals surface area contributed by atoms with Crippen molar-refractivity contribution >= 4 is 11.1 Å². The molecule has 0 aliphatic carbocycles. The average molecular weight is 176 g/mol. The predicted molar refractivity (Wildman–Crippen MR) is 50.6 cm³/mol. The summed E-state index contributed by atoms with van der Waals surface area (Å²) in [6, 6.07) is 0. The maximum atomic E-state index is 5.34. The molecule has 0 aliphatic heterocycles. The van der Waals surface area contributed by atoms with Crippen LogP contribution in [-0.4, -0.2) is 9.97 Å². The molecule has 0 atom stereocenters. The van der Waals surface area contributed by atoms with Gasteiger partial charge in [0.25, 0.3) is 0 Å². The Morgan fingerprint density at radius 1 is 1.31 bits per heavy atom. The van der Waals surface area contributed by atoms with Crippen molar-refractivity contribution in [3.8, 4) is 0 Å². The highest BCUT2D eigenvalue weighted by molar-refractivity contribution is 5.78. The van der Waals surface area contributed by atoms with E-state index < -0.39 is 0 Å². The summed E-state index contributed by atoms with van der Waals surface area (Å²) in [6.45, 7) is 6.18. The highest BCUT2D eigenvalue weighted by atomic mass is 16.3. The zero-order valence-corrected chi connectivity index (χ0v) is 8.03. The molecule has 2 aromatic heterocycles. The van der Waals surface area contributed by atoms with Crippen LogP contribution < -0.4 is 0 Å². The fraction of sp³-hybridized carbons (Fsp3) is 0.400. The lowest BCUT2D eigenvalue weighted by atomic mass is 10.0. The van der Waals surface area contributed by atoms with E-state index in [1.807, 2.05) is 13.1 Å². The summed E-state index contributed by atoms with van der Waals surface area (Å²) in [7, 11) is 0. The third-order valence-corrected chi connectivity index (χ3v) is 2.19. The molecule has 0 aromatic carbocycles. The van der Waals surface area contributed by atoms with E-state index in [0.29, 0.717) is 5.92 Å². The Balaban J connectivity index is 2.78. The number of hydrogen-bond acceptors (Lipinski definition) is 3. The van der Waals surface area contributed by atoms with Gasteiger partial charge in [-0.3, -0.25) is 4.98 Å². The Kier molecular flexibility index (Phi) is 1.79. The van der Waals surface area contributed by atoms with E-state index in [1.54, 1.807) is 0 Å². The van der Waals surface area contributed by atoms with E-state index >= 15 is 0 Å². The maximum absolute atomic E-state index is 5.34. The van der Waals surface area contributed by atoms with Gasteiger partial charge < -0.3 is 4.42 Å². The average Bonchev–Trinajstić information content (AvgIpc) is 2.53. The van der Waals surface area contributed by atoms with Gasteiger partial charge in [-0.25, -0.2) is 4.98 Å². The molecule has 0 spiro atoms. The molecule has 3 nitrogen and oxygen atoms in total. The van der Waals surface area contributed by atoms with Crippen LogP contribution in [0.25, 0.3) is 11.1 Å². The minimum atomic E-state index is 0.420. The maximum Gasteiger partial charge on any atom is 0.182 e. The van der Waals surface area contributed by atoms with Gasteiger partial charge in [-0.05, 0) is 12.8 Å². The molecule has 0 saturated carbocycles. The normalized spacial score (nSPS) is 11.4. The zero-order chi connectivity index (χ0) is 9.42. The molecule has 13 heavy (non-hydrogen) atoms. The molecule has 0 fully saturated rings. The van der Waals surface area contributed by atoms with E-state index in [-0.39, 0.29) is 0 Å². The number of hydrogen-bond donors (Lipinski definition) is 0. The van der Waals surface area contributed by atoms with Gasteiger partial charge in [-0.2, -0.15) is 0 Å². The van der Waals surface area contributed by atoms with Crippen molar-refractivity contribution in [1.29, 1.82) is 0 Å². The topological polar surface area (TPSA) is 38.9 Å². The summed E-state index contributed by atoms with van der Waals surface area (Å²) in [5.74, 6) is 0.420. The Morgan fingerprint density at radius 2 is 2.08 bits per heavy atom. The lowest BCUT2D eigenvalue weighted by molar-refractivity contribution is 0.594. The molecule has 0 bridgehead atoms. The Hall–Kier alpha value is -1.38. The molecule has 0 radical (unpaired) electrons. The number of fused-ring (bicyclic) bond motifs is 1. The van der Waals surface area contributed by atoms with E-state index in [4.69, 9.17) is 4.42 Å². The number of nitrogens with zero attached hydrogens (tertiary/aromatic N) is 2. The summed E-state index contributed by atoms with van der Waals surface area (Å²) >= 11 is 0. The fourth-order valence-electron chi connectivity index (χ4n) is 1.41. The summed E-state index contributed by atoms with van der Waals surface area (Å²) in [5.41, 5.74) is 3.81. The van der Waals surface area contributed by atoms with Crippen molar-refractivity contribution in [2.24, 2.45) is 0 Å². The number of aryl methyl sites for hydroxylation is 1. The first-order valence-electron chi connectivity index (χ1n) is 4.39. The number of rotatable bonds is 1. The van der Waals surface area contributed by atoms with Crippen molar-refractivity contribution in [3.63, 3.8) is 0 Å². The van der Waals surface area contributed by atoms with Crippen LogP contribution in [0, 0.1) is 6.92 Å². The molecular formula is C10H12N2O. The van der Waals surface area contributed by atoms with E-state index in [1.165, 1.54) is 6.39 Å². The van der Waals surface area contributed by atoms with Crippen LogP contribution in [0.15, 0.2) is 17.0 Å². The van der Waals surface area contributed by atoms with Gasteiger partial charge in [0, 0.05) is 11.8 Å². The van der Waals surface area contributed by atoms with Crippen LogP contribution in [0.1, 0.15) is 31.0 Å². The second-order valence-corrected chi connectivity index (χ2v) is 3.48. The van der Waals surface area contributed by atoms with Gasteiger partial charge in [-0.15, -0.1) is 0 Å². The number of aromatic nitrogens is 2. The van der Waals surface area contributed by atoms with Gasteiger partial charge >= 0.3 is 0 Å². The summed E-state index contributed by atoms with van der Waals surface area (Å²) in [4.78, 5) is 8.41. The molecule has 0 amide bonds. The Labute approximate surface area is 76.8 Å². The SMILES string of the molecule is Cc1ncc(C(C)C)c2ocnc12. The van der Waals surface area contributed by atoms with Crippen molar-refractivity contribution in [2.45, 2.75) is 26.7 Å². The molecule has 2 aromatic rings. The number of pyridine rings is 1. The lowest BCUT2D eigenvalue weighted by Crippen LogP contribution is -1.92. The summed E-state index contributed by atoms with van der Waals surface area (Å²) < 4.78 is 5.34. The summed E-state index contributed by atoms with van der Waals surface area (Å²) in [6.07, 6.45) is 3.35. The van der Waals surface area contributed by atoms with Crippen molar-refractivity contribution in [3.05, 3.63) is 23.8 Å². The van der Waals surface area contributed by atoms with Crippen LogP contribution in [0.2, 0.25) is 0 Å². The largest absolute Gasteiger partial charge is 0.443 e. The molecule has 0 aliphatic rings. The highest BCUT2D eigenvalue weighted by Crippen LogP contribution is 2.24. The third kappa shape index (κ3) is 1.20.